The van der Waals surface area contributed by atoms with E-state index in [1.807, 2.05) is 0 Å². The molecule has 1 aliphatic rings. The lowest BCUT2D eigenvalue weighted by atomic mass is 9.85. The van der Waals surface area contributed by atoms with E-state index in [0.717, 1.165) is 12.5 Å². The maximum Gasteiger partial charge on any atom is 0.221 e. The van der Waals surface area contributed by atoms with Crippen molar-refractivity contribution in [3.63, 3.8) is 0 Å². The molecule has 2 nitrogen and oxygen atoms in total. The van der Waals surface area contributed by atoms with Gasteiger partial charge in [-0.1, -0.05) is 6.42 Å². The molecule has 0 aliphatic heterocycles. The predicted octanol–water partition coefficient (Wildman–Crippen LogP) is 1.53. The van der Waals surface area contributed by atoms with Crippen LogP contribution in [0.5, 0.6) is 0 Å². The number of carbonyl (C=O) groups excluding carboxylic acids is 1. The third-order valence-corrected chi connectivity index (χ3v) is 2.32. The van der Waals surface area contributed by atoms with Gasteiger partial charge in [-0.2, -0.15) is 0 Å². The second-order valence-electron chi connectivity index (χ2n) is 3.04. The Labute approximate surface area is 72.3 Å². The first kappa shape index (κ1) is 8.85. The van der Waals surface area contributed by atoms with Crippen molar-refractivity contribution in [3.8, 4) is 0 Å². The van der Waals surface area contributed by atoms with Gasteiger partial charge in [-0.05, 0) is 18.8 Å². The SMILES string of the molecule is O=C(CCCl)NCC1CCC1. The van der Waals surface area contributed by atoms with Crippen molar-refractivity contribution in [1.82, 2.24) is 5.32 Å². The van der Waals surface area contributed by atoms with Gasteiger partial charge in [0.25, 0.3) is 0 Å². The summed E-state index contributed by atoms with van der Waals surface area (Å²) in [4.78, 5) is 10.9. The fourth-order valence-electron chi connectivity index (χ4n) is 1.13. The molecule has 0 unspecified atom stereocenters. The number of rotatable bonds is 4. The minimum absolute atomic E-state index is 0.0897. The van der Waals surface area contributed by atoms with Gasteiger partial charge in [0.05, 0.1) is 0 Å². The van der Waals surface area contributed by atoms with Crippen LogP contribution in [-0.4, -0.2) is 18.3 Å². The normalized spacial score (nSPS) is 17.5. The summed E-state index contributed by atoms with van der Waals surface area (Å²) in [7, 11) is 0. The fourth-order valence-corrected chi connectivity index (χ4v) is 1.30. The maximum absolute atomic E-state index is 10.9. The summed E-state index contributed by atoms with van der Waals surface area (Å²) >= 11 is 5.40. The van der Waals surface area contributed by atoms with Crippen molar-refractivity contribution >= 4 is 17.5 Å². The highest BCUT2D eigenvalue weighted by Crippen LogP contribution is 2.25. The minimum atomic E-state index is 0.0897. The van der Waals surface area contributed by atoms with E-state index in [4.69, 9.17) is 11.6 Å². The molecule has 1 rings (SSSR count). The lowest BCUT2D eigenvalue weighted by Crippen LogP contribution is -2.32. The highest BCUT2D eigenvalue weighted by atomic mass is 35.5. The van der Waals surface area contributed by atoms with Crippen molar-refractivity contribution in [2.75, 3.05) is 12.4 Å². The standard InChI is InChI=1S/C8H14ClNO/c9-5-4-8(11)10-6-7-2-1-3-7/h7H,1-6H2,(H,10,11). The summed E-state index contributed by atoms with van der Waals surface area (Å²) in [5.74, 6) is 1.26. The predicted molar refractivity (Wildman–Crippen MR) is 45.7 cm³/mol. The van der Waals surface area contributed by atoms with Crippen molar-refractivity contribution in [2.24, 2.45) is 5.92 Å². The summed E-state index contributed by atoms with van der Waals surface area (Å²) in [6.45, 7) is 0.857. The summed E-state index contributed by atoms with van der Waals surface area (Å²) in [6, 6.07) is 0. The van der Waals surface area contributed by atoms with E-state index in [-0.39, 0.29) is 5.91 Å². The molecule has 3 heteroatoms. The molecule has 1 fully saturated rings. The van der Waals surface area contributed by atoms with Crippen molar-refractivity contribution in [3.05, 3.63) is 0 Å². The number of halogens is 1. The van der Waals surface area contributed by atoms with Crippen LogP contribution in [0.15, 0.2) is 0 Å². The third-order valence-electron chi connectivity index (χ3n) is 2.13. The van der Waals surface area contributed by atoms with Crippen LogP contribution in [0.25, 0.3) is 0 Å². The highest BCUT2D eigenvalue weighted by molar-refractivity contribution is 6.18. The second-order valence-corrected chi connectivity index (χ2v) is 3.42. The molecule has 0 radical (unpaired) electrons. The molecule has 0 atom stereocenters. The molecule has 1 saturated carbocycles. The Kier molecular flexibility index (Phi) is 3.70. The van der Waals surface area contributed by atoms with E-state index in [1.54, 1.807) is 0 Å². The van der Waals surface area contributed by atoms with E-state index in [0.29, 0.717) is 12.3 Å². The van der Waals surface area contributed by atoms with Crippen molar-refractivity contribution < 1.29 is 4.79 Å². The van der Waals surface area contributed by atoms with Gasteiger partial charge >= 0.3 is 0 Å². The first-order valence-corrected chi connectivity index (χ1v) is 4.69. The molecule has 0 saturated heterocycles. The smallest absolute Gasteiger partial charge is 0.221 e. The average molecular weight is 176 g/mol. The van der Waals surface area contributed by atoms with Crippen LogP contribution >= 0.6 is 11.6 Å². The van der Waals surface area contributed by atoms with Gasteiger partial charge in [-0.15, -0.1) is 11.6 Å². The molecule has 0 heterocycles. The average Bonchev–Trinajstić information content (AvgIpc) is 1.85. The maximum atomic E-state index is 10.9. The van der Waals surface area contributed by atoms with Crippen LogP contribution in [0.3, 0.4) is 0 Å². The molecule has 64 valence electrons. The molecular weight excluding hydrogens is 162 g/mol. The Morgan fingerprint density at radius 1 is 1.55 bits per heavy atom. The number of carbonyl (C=O) groups is 1. The largest absolute Gasteiger partial charge is 0.356 e. The molecule has 1 aliphatic carbocycles. The zero-order valence-corrected chi connectivity index (χ0v) is 7.36. The molecule has 0 aromatic heterocycles. The first-order valence-electron chi connectivity index (χ1n) is 4.15. The van der Waals surface area contributed by atoms with E-state index in [1.165, 1.54) is 19.3 Å². The molecule has 0 spiro atoms. The molecular formula is C8H14ClNO. The Hall–Kier alpha value is -0.240. The zero-order valence-electron chi connectivity index (χ0n) is 6.61. The fraction of sp³-hybridized carbons (Fsp3) is 0.875. The zero-order chi connectivity index (χ0) is 8.10. The number of amides is 1. The van der Waals surface area contributed by atoms with Gasteiger partial charge < -0.3 is 5.32 Å². The van der Waals surface area contributed by atoms with Crippen LogP contribution in [0, 0.1) is 5.92 Å². The van der Waals surface area contributed by atoms with Crippen LogP contribution in [0.1, 0.15) is 25.7 Å². The van der Waals surface area contributed by atoms with Crippen molar-refractivity contribution in [1.29, 1.82) is 0 Å². The number of hydrogen-bond donors (Lipinski definition) is 1. The first-order chi connectivity index (χ1) is 5.33. The Morgan fingerprint density at radius 2 is 2.27 bits per heavy atom. The van der Waals surface area contributed by atoms with Crippen molar-refractivity contribution in [2.45, 2.75) is 25.7 Å². The lowest BCUT2D eigenvalue weighted by Gasteiger charge is -2.25. The van der Waals surface area contributed by atoms with Crippen LogP contribution in [-0.2, 0) is 4.79 Å². The van der Waals surface area contributed by atoms with E-state index >= 15 is 0 Å². The minimum Gasteiger partial charge on any atom is -0.356 e. The van der Waals surface area contributed by atoms with Gasteiger partial charge in [-0.3, -0.25) is 4.79 Å². The number of hydrogen-bond acceptors (Lipinski definition) is 1. The van der Waals surface area contributed by atoms with E-state index in [2.05, 4.69) is 5.32 Å². The molecule has 11 heavy (non-hydrogen) atoms. The second kappa shape index (κ2) is 4.60. The number of alkyl halides is 1. The molecule has 1 amide bonds. The van der Waals surface area contributed by atoms with Gasteiger partial charge in [0, 0.05) is 18.8 Å². The van der Waals surface area contributed by atoms with Gasteiger partial charge in [0.2, 0.25) is 5.91 Å². The lowest BCUT2D eigenvalue weighted by molar-refractivity contribution is -0.121. The Balaban J connectivity index is 1.96. The molecule has 0 aromatic rings. The monoisotopic (exact) mass is 175 g/mol. The van der Waals surface area contributed by atoms with Gasteiger partial charge in [0.15, 0.2) is 0 Å². The number of nitrogens with one attached hydrogen (secondary N) is 1. The quantitative estimate of drug-likeness (QED) is 0.646. The summed E-state index contributed by atoms with van der Waals surface area (Å²) in [5, 5.41) is 2.86. The highest BCUT2D eigenvalue weighted by Gasteiger charge is 2.17. The van der Waals surface area contributed by atoms with Gasteiger partial charge in [-0.25, -0.2) is 0 Å². The van der Waals surface area contributed by atoms with E-state index < -0.39 is 0 Å². The topological polar surface area (TPSA) is 29.1 Å². The Bertz CT molecular complexity index is 134. The van der Waals surface area contributed by atoms with E-state index in [9.17, 15) is 4.79 Å². The summed E-state index contributed by atoms with van der Waals surface area (Å²) in [5.41, 5.74) is 0. The third kappa shape index (κ3) is 3.10. The Morgan fingerprint density at radius 3 is 2.73 bits per heavy atom. The molecule has 0 bridgehead atoms. The van der Waals surface area contributed by atoms with Crippen LogP contribution in [0.4, 0.5) is 0 Å². The van der Waals surface area contributed by atoms with Crippen LogP contribution < -0.4 is 5.32 Å². The molecule has 0 aromatic carbocycles. The summed E-state index contributed by atoms with van der Waals surface area (Å²) < 4.78 is 0. The van der Waals surface area contributed by atoms with Gasteiger partial charge in [0.1, 0.15) is 0 Å². The van der Waals surface area contributed by atoms with Crippen LogP contribution in [0.2, 0.25) is 0 Å². The summed E-state index contributed by atoms with van der Waals surface area (Å²) in [6.07, 6.45) is 4.34. The molecule has 1 N–H and O–H groups in total.